The number of ether oxygens (including phenoxy) is 1. The normalized spacial score (nSPS) is 21.9. The first-order valence-electron chi connectivity index (χ1n) is 5.94. The van der Waals surface area contributed by atoms with E-state index < -0.39 is 11.7 Å². The van der Waals surface area contributed by atoms with Gasteiger partial charge in [-0.05, 0) is 51.3 Å². The SMILES string of the molecule is Cc1c(C)c2c(c(C)c1O)CC(O)C(C)(C)O2. The van der Waals surface area contributed by atoms with Crippen molar-refractivity contribution in [3.8, 4) is 11.5 Å². The molecule has 0 aromatic heterocycles. The minimum atomic E-state index is -0.576. The summed E-state index contributed by atoms with van der Waals surface area (Å²) in [6.45, 7) is 9.48. The van der Waals surface area contributed by atoms with Crippen molar-refractivity contribution in [3.05, 3.63) is 22.3 Å². The van der Waals surface area contributed by atoms with E-state index in [0.29, 0.717) is 12.2 Å². The highest BCUT2D eigenvalue weighted by Crippen LogP contribution is 2.43. The van der Waals surface area contributed by atoms with Gasteiger partial charge in [0.2, 0.25) is 0 Å². The molecule has 3 nitrogen and oxygen atoms in total. The summed E-state index contributed by atoms with van der Waals surface area (Å²) in [4.78, 5) is 0. The van der Waals surface area contributed by atoms with E-state index in [9.17, 15) is 10.2 Å². The summed E-state index contributed by atoms with van der Waals surface area (Å²) in [5, 5.41) is 20.1. The molecule has 3 heteroatoms. The van der Waals surface area contributed by atoms with Crippen molar-refractivity contribution in [2.45, 2.75) is 52.7 Å². The first-order valence-corrected chi connectivity index (χ1v) is 5.94. The number of phenols is 1. The number of benzene rings is 1. The fourth-order valence-electron chi connectivity index (χ4n) is 2.32. The monoisotopic (exact) mass is 236 g/mol. The molecule has 2 rings (SSSR count). The van der Waals surface area contributed by atoms with Crippen LogP contribution in [0.2, 0.25) is 0 Å². The summed E-state index contributed by atoms with van der Waals surface area (Å²) < 4.78 is 5.92. The number of hydrogen-bond donors (Lipinski definition) is 2. The van der Waals surface area contributed by atoms with E-state index in [1.807, 2.05) is 34.6 Å². The topological polar surface area (TPSA) is 49.7 Å². The number of rotatable bonds is 0. The Bertz CT molecular complexity index is 475. The quantitative estimate of drug-likeness (QED) is 0.727. The van der Waals surface area contributed by atoms with Crippen LogP contribution >= 0.6 is 0 Å². The second kappa shape index (κ2) is 3.64. The van der Waals surface area contributed by atoms with Crippen LogP contribution < -0.4 is 4.74 Å². The number of hydrogen-bond acceptors (Lipinski definition) is 3. The van der Waals surface area contributed by atoms with Gasteiger partial charge in [-0.25, -0.2) is 0 Å². The molecule has 17 heavy (non-hydrogen) atoms. The lowest BCUT2D eigenvalue weighted by Gasteiger charge is -2.39. The van der Waals surface area contributed by atoms with Crippen molar-refractivity contribution < 1.29 is 14.9 Å². The van der Waals surface area contributed by atoms with Crippen molar-refractivity contribution in [2.75, 3.05) is 0 Å². The van der Waals surface area contributed by atoms with Gasteiger partial charge >= 0.3 is 0 Å². The van der Waals surface area contributed by atoms with E-state index in [4.69, 9.17) is 4.74 Å². The molecule has 2 N–H and O–H groups in total. The summed E-state index contributed by atoms with van der Waals surface area (Å²) in [6.07, 6.45) is -0.0155. The molecule has 1 unspecified atom stereocenters. The lowest BCUT2D eigenvalue weighted by Crippen LogP contribution is -2.46. The Labute approximate surface area is 102 Å². The Hall–Kier alpha value is -1.22. The van der Waals surface area contributed by atoms with Gasteiger partial charge in [-0.1, -0.05) is 0 Å². The van der Waals surface area contributed by atoms with Gasteiger partial charge in [0.1, 0.15) is 17.1 Å². The Kier molecular flexibility index (Phi) is 2.62. The lowest BCUT2D eigenvalue weighted by molar-refractivity contribution is -0.0418. The van der Waals surface area contributed by atoms with Gasteiger partial charge in [-0.2, -0.15) is 0 Å². The number of aromatic hydroxyl groups is 1. The molecular weight excluding hydrogens is 216 g/mol. The number of phenolic OH excluding ortho intramolecular Hbond substituents is 1. The Morgan fingerprint density at radius 1 is 1.12 bits per heavy atom. The second-order valence-electron chi connectivity index (χ2n) is 5.46. The lowest BCUT2D eigenvalue weighted by atomic mass is 9.86. The van der Waals surface area contributed by atoms with E-state index in [0.717, 1.165) is 28.0 Å². The van der Waals surface area contributed by atoms with Crippen molar-refractivity contribution in [3.63, 3.8) is 0 Å². The predicted octanol–water partition coefficient (Wildman–Crippen LogP) is 2.39. The molecule has 1 aliphatic rings. The van der Waals surface area contributed by atoms with Crippen LogP contribution in [0.3, 0.4) is 0 Å². The van der Waals surface area contributed by atoms with Crippen LogP contribution in [0.1, 0.15) is 36.1 Å². The average Bonchev–Trinajstić information content (AvgIpc) is 2.26. The molecule has 1 heterocycles. The van der Waals surface area contributed by atoms with E-state index in [2.05, 4.69) is 0 Å². The molecule has 0 radical (unpaired) electrons. The van der Waals surface area contributed by atoms with Crippen LogP contribution in [0.25, 0.3) is 0 Å². The van der Waals surface area contributed by atoms with Crippen molar-refractivity contribution in [2.24, 2.45) is 0 Å². The highest BCUT2D eigenvalue weighted by atomic mass is 16.5. The van der Waals surface area contributed by atoms with Crippen molar-refractivity contribution >= 4 is 0 Å². The molecule has 0 saturated heterocycles. The summed E-state index contributed by atoms with van der Waals surface area (Å²) in [7, 11) is 0. The van der Waals surface area contributed by atoms with Gasteiger partial charge in [0.05, 0.1) is 6.10 Å². The van der Waals surface area contributed by atoms with E-state index in [1.165, 1.54) is 0 Å². The molecule has 0 amide bonds. The third-order valence-electron chi connectivity index (χ3n) is 3.91. The maximum atomic E-state index is 10.1. The fraction of sp³-hybridized carbons (Fsp3) is 0.571. The van der Waals surface area contributed by atoms with E-state index >= 15 is 0 Å². The van der Waals surface area contributed by atoms with E-state index in [1.54, 1.807) is 0 Å². The van der Waals surface area contributed by atoms with Gasteiger partial charge in [0, 0.05) is 12.0 Å². The highest BCUT2D eigenvalue weighted by molar-refractivity contribution is 5.58. The van der Waals surface area contributed by atoms with Crippen LogP contribution in [-0.2, 0) is 6.42 Å². The molecule has 0 bridgehead atoms. The summed E-state index contributed by atoms with van der Waals surface area (Å²) in [5.74, 6) is 1.14. The van der Waals surface area contributed by atoms with Crippen LogP contribution in [0, 0.1) is 20.8 Å². The molecule has 1 aromatic carbocycles. The van der Waals surface area contributed by atoms with Crippen LogP contribution in [0.4, 0.5) is 0 Å². The van der Waals surface area contributed by atoms with Crippen LogP contribution in [-0.4, -0.2) is 21.9 Å². The average molecular weight is 236 g/mol. The van der Waals surface area contributed by atoms with Gasteiger partial charge in [-0.15, -0.1) is 0 Å². The molecule has 94 valence electrons. The third-order valence-corrected chi connectivity index (χ3v) is 3.91. The number of aliphatic hydroxyl groups is 1. The van der Waals surface area contributed by atoms with Crippen molar-refractivity contribution in [1.82, 2.24) is 0 Å². The molecule has 0 aliphatic carbocycles. The maximum absolute atomic E-state index is 10.1. The second-order valence-corrected chi connectivity index (χ2v) is 5.46. The standard InChI is InChI=1S/C14H20O3/c1-7-8(2)13-10(9(3)12(7)16)6-11(15)14(4,5)17-13/h11,15-16H,6H2,1-5H3. The summed E-state index contributed by atoms with van der Waals surface area (Å²) in [5.41, 5.74) is 2.99. The smallest absolute Gasteiger partial charge is 0.129 e. The zero-order chi connectivity index (χ0) is 13.0. The minimum absolute atomic E-state index is 0.316. The largest absolute Gasteiger partial charge is 0.507 e. The highest BCUT2D eigenvalue weighted by Gasteiger charge is 2.38. The third kappa shape index (κ3) is 1.69. The molecular formula is C14H20O3. The van der Waals surface area contributed by atoms with Crippen molar-refractivity contribution in [1.29, 1.82) is 0 Å². The van der Waals surface area contributed by atoms with Crippen LogP contribution in [0.15, 0.2) is 0 Å². The molecule has 1 atom stereocenters. The molecule has 0 fully saturated rings. The molecule has 1 aliphatic heterocycles. The number of aliphatic hydroxyl groups excluding tert-OH is 1. The molecule has 0 saturated carbocycles. The molecule has 0 spiro atoms. The summed E-state index contributed by atoms with van der Waals surface area (Å²) >= 11 is 0. The van der Waals surface area contributed by atoms with E-state index in [-0.39, 0.29) is 0 Å². The fourth-order valence-corrected chi connectivity index (χ4v) is 2.32. The Morgan fingerprint density at radius 3 is 2.29 bits per heavy atom. The van der Waals surface area contributed by atoms with Gasteiger partial charge in [0.25, 0.3) is 0 Å². The maximum Gasteiger partial charge on any atom is 0.129 e. The first-order chi connectivity index (χ1) is 7.75. The summed E-state index contributed by atoms with van der Waals surface area (Å²) in [6, 6.07) is 0. The predicted molar refractivity (Wildman–Crippen MR) is 66.7 cm³/mol. The zero-order valence-electron chi connectivity index (χ0n) is 11.1. The van der Waals surface area contributed by atoms with Gasteiger partial charge < -0.3 is 14.9 Å². The first kappa shape index (κ1) is 12.2. The van der Waals surface area contributed by atoms with Crippen LogP contribution in [0.5, 0.6) is 11.5 Å². The minimum Gasteiger partial charge on any atom is -0.507 e. The molecule has 1 aromatic rings. The Morgan fingerprint density at radius 2 is 1.71 bits per heavy atom. The number of fused-ring (bicyclic) bond motifs is 1. The van der Waals surface area contributed by atoms with Gasteiger partial charge in [-0.3, -0.25) is 0 Å². The Balaban J connectivity index is 2.67. The van der Waals surface area contributed by atoms with Gasteiger partial charge in [0.15, 0.2) is 0 Å². The zero-order valence-corrected chi connectivity index (χ0v) is 11.1.